The number of ether oxygens (including phenoxy) is 1. The minimum Gasteiger partial charge on any atom is -0.490 e. The normalized spacial score (nSPS) is 27.6. The SMILES string of the molecule is CC1(C(=O)NC2CCC(Oc3ccccc3)CC2)CCc2ccccc21. The van der Waals surface area contributed by atoms with Crippen LogP contribution in [-0.2, 0) is 16.6 Å². The van der Waals surface area contributed by atoms with E-state index in [4.69, 9.17) is 4.74 Å². The number of carbonyl (C=O) groups is 1. The van der Waals surface area contributed by atoms with E-state index in [-0.39, 0.29) is 23.5 Å². The maximum absolute atomic E-state index is 13.0. The Morgan fingerprint density at radius 1 is 1.00 bits per heavy atom. The number of benzene rings is 2. The summed E-state index contributed by atoms with van der Waals surface area (Å²) in [6.45, 7) is 2.10. The number of nitrogens with one attached hydrogen (secondary N) is 1. The monoisotopic (exact) mass is 349 g/mol. The van der Waals surface area contributed by atoms with Crippen LogP contribution in [0, 0.1) is 0 Å². The van der Waals surface area contributed by atoms with Gasteiger partial charge in [0.05, 0.1) is 11.5 Å². The van der Waals surface area contributed by atoms with E-state index in [0.717, 1.165) is 44.3 Å². The summed E-state index contributed by atoms with van der Waals surface area (Å²) in [7, 11) is 0. The van der Waals surface area contributed by atoms with Crippen LogP contribution in [0.4, 0.5) is 0 Å². The van der Waals surface area contributed by atoms with Crippen LogP contribution in [-0.4, -0.2) is 18.1 Å². The maximum atomic E-state index is 13.0. The molecule has 1 saturated carbocycles. The van der Waals surface area contributed by atoms with Gasteiger partial charge in [0.25, 0.3) is 0 Å². The van der Waals surface area contributed by atoms with Crippen molar-refractivity contribution in [3.8, 4) is 5.75 Å². The molecule has 1 fully saturated rings. The summed E-state index contributed by atoms with van der Waals surface area (Å²) in [6, 6.07) is 18.7. The van der Waals surface area contributed by atoms with Gasteiger partial charge in [0.15, 0.2) is 0 Å². The predicted octanol–water partition coefficient (Wildman–Crippen LogP) is 4.40. The molecule has 3 heteroatoms. The van der Waals surface area contributed by atoms with Crippen LogP contribution >= 0.6 is 0 Å². The van der Waals surface area contributed by atoms with Crippen molar-refractivity contribution in [2.24, 2.45) is 0 Å². The first-order chi connectivity index (χ1) is 12.6. The molecule has 1 atom stereocenters. The zero-order valence-corrected chi connectivity index (χ0v) is 15.4. The highest BCUT2D eigenvalue weighted by molar-refractivity contribution is 5.89. The lowest BCUT2D eigenvalue weighted by molar-refractivity contribution is -0.127. The number of amides is 1. The van der Waals surface area contributed by atoms with Gasteiger partial charge in [0.1, 0.15) is 5.75 Å². The number of fused-ring (bicyclic) bond motifs is 1. The van der Waals surface area contributed by atoms with E-state index in [0.29, 0.717) is 0 Å². The highest BCUT2D eigenvalue weighted by Gasteiger charge is 2.41. The average Bonchev–Trinajstić information content (AvgIpc) is 3.03. The first-order valence-electron chi connectivity index (χ1n) is 9.76. The molecule has 136 valence electrons. The summed E-state index contributed by atoms with van der Waals surface area (Å²) in [5.41, 5.74) is 2.15. The number of carbonyl (C=O) groups excluding carboxylic acids is 1. The van der Waals surface area contributed by atoms with Gasteiger partial charge in [-0.25, -0.2) is 0 Å². The van der Waals surface area contributed by atoms with E-state index in [1.807, 2.05) is 36.4 Å². The van der Waals surface area contributed by atoms with Crippen molar-refractivity contribution in [3.63, 3.8) is 0 Å². The van der Waals surface area contributed by atoms with Crippen molar-refractivity contribution < 1.29 is 9.53 Å². The van der Waals surface area contributed by atoms with Gasteiger partial charge in [0, 0.05) is 6.04 Å². The van der Waals surface area contributed by atoms with E-state index in [9.17, 15) is 4.79 Å². The van der Waals surface area contributed by atoms with Crippen molar-refractivity contribution >= 4 is 5.91 Å². The largest absolute Gasteiger partial charge is 0.490 e. The number of hydrogen-bond acceptors (Lipinski definition) is 2. The molecule has 0 radical (unpaired) electrons. The molecule has 2 aliphatic rings. The molecule has 1 unspecified atom stereocenters. The molecule has 2 aliphatic carbocycles. The molecule has 0 spiro atoms. The third kappa shape index (κ3) is 3.35. The molecule has 0 aliphatic heterocycles. The van der Waals surface area contributed by atoms with Crippen molar-refractivity contribution in [3.05, 3.63) is 65.7 Å². The fraction of sp³-hybridized carbons (Fsp3) is 0.435. The average molecular weight is 349 g/mol. The summed E-state index contributed by atoms with van der Waals surface area (Å²) in [5.74, 6) is 1.13. The van der Waals surface area contributed by atoms with Gasteiger partial charge in [0.2, 0.25) is 5.91 Å². The van der Waals surface area contributed by atoms with Gasteiger partial charge in [-0.05, 0) is 68.7 Å². The smallest absolute Gasteiger partial charge is 0.230 e. The van der Waals surface area contributed by atoms with Crippen LogP contribution in [0.1, 0.15) is 50.2 Å². The lowest BCUT2D eigenvalue weighted by atomic mass is 9.82. The Kier molecular flexibility index (Phi) is 4.71. The van der Waals surface area contributed by atoms with Gasteiger partial charge >= 0.3 is 0 Å². The number of rotatable bonds is 4. The van der Waals surface area contributed by atoms with Crippen LogP contribution in [0.2, 0.25) is 0 Å². The van der Waals surface area contributed by atoms with Gasteiger partial charge in [-0.1, -0.05) is 42.5 Å². The fourth-order valence-electron chi connectivity index (χ4n) is 4.39. The summed E-state index contributed by atoms with van der Waals surface area (Å²) in [5, 5.41) is 3.33. The van der Waals surface area contributed by atoms with Gasteiger partial charge in [-0.15, -0.1) is 0 Å². The zero-order valence-electron chi connectivity index (χ0n) is 15.4. The molecule has 0 saturated heterocycles. The van der Waals surface area contributed by atoms with Gasteiger partial charge < -0.3 is 10.1 Å². The Morgan fingerprint density at radius 3 is 2.46 bits per heavy atom. The van der Waals surface area contributed by atoms with Crippen LogP contribution in [0.3, 0.4) is 0 Å². The molecule has 1 N–H and O–H groups in total. The zero-order chi connectivity index (χ0) is 18.0. The minimum atomic E-state index is -0.381. The van der Waals surface area contributed by atoms with Crippen LogP contribution in [0.15, 0.2) is 54.6 Å². The summed E-state index contributed by atoms with van der Waals surface area (Å²) in [6.07, 6.45) is 6.12. The summed E-state index contributed by atoms with van der Waals surface area (Å²) >= 11 is 0. The molecular weight excluding hydrogens is 322 g/mol. The fourth-order valence-corrected chi connectivity index (χ4v) is 4.39. The molecule has 0 bridgehead atoms. The third-order valence-electron chi connectivity index (χ3n) is 6.06. The Bertz CT molecular complexity index is 765. The Labute approximate surface area is 155 Å². The Hall–Kier alpha value is -2.29. The van der Waals surface area contributed by atoms with Crippen molar-refractivity contribution in [1.29, 1.82) is 0 Å². The topological polar surface area (TPSA) is 38.3 Å². The standard InChI is InChI=1S/C23H27NO2/c1-23(16-15-17-7-5-6-10-21(17)23)22(25)24-18-11-13-20(14-12-18)26-19-8-3-2-4-9-19/h2-10,18,20H,11-16H2,1H3,(H,24,25). The second kappa shape index (κ2) is 7.14. The van der Waals surface area contributed by atoms with E-state index < -0.39 is 0 Å². The first-order valence-corrected chi connectivity index (χ1v) is 9.76. The molecular formula is C23H27NO2. The maximum Gasteiger partial charge on any atom is 0.230 e. The lowest BCUT2D eigenvalue weighted by Crippen LogP contribution is -2.47. The minimum absolute atomic E-state index is 0.190. The Morgan fingerprint density at radius 2 is 1.69 bits per heavy atom. The van der Waals surface area contributed by atoms with Crippen LogP contribution < -0.4 is 10.1 Å². The molecule has 2 aromatic carbocycles. The number of hydrogen-bond donors (Lipinski definition) is 1. The highest BCUT2D eigenvalue weighted by atomic mass is 16.5. The Balaban J connectivity index is 1.33. The third-order valence-corrected chi connectivity index (χ3v) is 6.06. The molecule has 2 aromatic rings. The van der Waals surface area contributed by atoms with E-state index >= 15 is 0 Å². The van der Waals surface area contributed by atoms with E-state index in [1.165, 1.54) is 11.1 Å². The van der Waals surface area contributed by atoms with Crippen molar-refractivity contribution in [1.82, 2.24) is 5.32 Å². The molecule has 0 heterocycles. The quantitative estimate of drug-likeness (QED) is 0.889. The van der Waals surface area contributed by atoms with Crippen molar-refractivity contribution in [2.75, 3.05) is 0 Å². The van der Waals surface area contributed by atoms with E-state index in [2.05, 4.69) is 30.4 Å². The van der Waals surface area contributed by atoms with Crippen LogP contribution in [0.25, 0.3) is 0 Å². The van der Waals surface area contributed by atoms with Crippen molar-refractivity contribution in [2.45, 2.75) is 63.0 Å². The highest BCUT2D eigenvalue weighted by Crippen LogP contribution is 2.39. The number of aryl methyl sites for hydroxylation is 1. The molecule has 1 amide bonds. The lowest BCUT2D eigenvalue weighted by Gasteiger charge is -2.32. The number of para-hydroxylation sites is 1. The second-order valence-electron chi connectivity index (χ2n) is 7.87. The predicted molar refractivity (Wildman–Crippen MR) is 103 cm³/mol. The van der Waals surface area contributed by atoms with Gasteiger partial charge in [-0.2, -0.15) is 0 Å². The summed E-state index contributed by atoms with van der Waals surface area (Å²) in [4.78, 5) is 13.0. The molecule has 3 nitrogen and oxygen atoms in total. The van der Waals surface area contributed by atoms with Crippen LogP contribution in [0.5, 0.6) is 5.75 Å². The summed E-state index contributed by atoms with van der Waals surface area (Å²) < 4.78 is 6.06. The molecule has 0 aromatic heterocycles. The molecule has 4 rings (SSSR count). The van der Waals surface area contributed by atoms with E-state index in [1.54, 1.807) is 0 Å². The molecule has 26 heavy (non-hydrogen) atoms. The second-order valence-corrected chi connectivity index (χ2v) is 7.87. The van der Waals surface area contributed by atoms with Gasteiger partial charge in [-0.3, -0.25) is 4.79 Å². The first kappa shape index (κ1) is 17.1.